The molecule has 3 rings (SSSR count). The van der Waals surface area contributed by atoms with Crippen molar-refractivity contribution in [2.45, 2.75) is 44.4 Å². The van der Waals surface area contributed by atoms with Crippen LogP contribution in [0.15, 0.2) is 24.3 Å². The first-order valence-electron chi connectivity index (χ1n) is 9.70. The molecule has 0 radical (unpaired) electrons. The van der Waals surface area contributed by atoms with Gasteiger partial charge in [-0.3, -0.25) is 4.79 Å². The molecule has 2 saturated heterocycles. The summed E-state index contributed by atoms with van der Waals surface area (Å²) < 4.78 is 32.3. The number of hydrogen-bond acceptors (Lipinski definition) is 4. The van der Waals surface area contributed by atoms with Gasteiger partial charge in [0.25, 0.3) is 0 Å². The van der Waals surface area contributed by atoms with Gasteiger partial charge in [0.05, 0.1) is 11.2 Å². The minimum Gasteiger partial charge on any atom is -0.481 e. The van der Waals surface area contributed by atoms with Crippen LogP contribution in [0.1, 0.15) is 43.2 Å². The second-order valence-electron chi connectivity index (χ2n) is 7.82. The van der Waals surface area contributed by atoms with Crippen molar-refractivity contribution in [1.29, 1.82) is 0 Å². The normalized spacial score (nSPS) is 21.8. The van der Waals surface area contributed by atoms with Gasteiger partial charge in [-0.1, -0.05) is 29.8 Å². The number of sulfonamides is 1. The number of benzene rings is 1. The quantitative estimate of drug-likeness (QED) is 0.800. The Kier molecular flexibility index (Phi) is 6.23. The van der Waals surface area contributed by atoms with Gasteiger partial charge in [-0.25, -0.2) is 12.7 Å². The zero-order valence-electron chi connectivity index (χ0n) is 15.9. The van der Waals surface area contributed by atoms with Crippen molar-refractivity contribution >= 4 is 16.0 Å². The molecule has 0 spiro atoms. The summed E-state index contributed by atoms with van der Waals surface area (Å²) in [7, 11) is -3.35. The maximum Gasteiger partial charge on any atom is 0.314 e. The molecule has 1 N–H and O–H groups in total. The van der Waals surface area contributed by atoms with E-state index in [2.05, 4.69) is 0 Å². The molecule has 0 unspecified atom stereocenters. The highest BCUT2D eigenvalue weighted by Gasteiger charge is 2.45. The van der Waals surface area contributed by atoms with Crippen molar-refractivity contribution in [1.82, 2.24) is 4.31 Å². The highest BCUT2D eigenvalue weighted by atomic mass is 32.2. The zero-order valence-corrected chi connectivity index (χ0v) is 16.7. The summed E-state index contributed by atoms with van der Waals surface area (Å²) in [6.45, 7) is 3.89. The van der Waals surface area contributed by atoms with Crippen LogP contribution in [0.3, 0.4) is 0 Å². The Morgan fingerprint density at radius 3 is 2.52 bits per heavy atom. The van der Waals surface area contributed by atoms with Crippen LogP contribution in [0, 0.1) is 12.8 Å². The number of nitrogens with zero attached hydrogens (tertiary/aromatic N) is 1. The third kappa shape index (κ3) is 4.52. The lowest BCUT2D eigenvalue weighted by Crippen LogP contribution is -2.49. The highest BCUT2D eigenvalue weighted by molar-refractivity contribution is 7.89. The predicted octanol–water partition coefficient (Wildman–Crippen LogP) is 2.56. The van der Waals surface area contributed by atoms with Gasteiger partial charge in [-0.05, 0) is 50.5 Å². The summed E-state index contributed by atoms with van der Waals surface area (Å²) >= 11 is 0. The molecular formula is C20H29NO5S. The van der Waals surface area contributed by atoms with Crippen LogP contribution in [-0.4, -0.2) is 55.9 Å². The van der Waals surface area contributed by atoms with Gasteiger partial charge in [0.2, 0.25) is 10.0 Å². The predicted molar refractivity (Wildman–Crippen MR) is 103 cm³/mol. The van der Waals surface area contributed by atoms with Crippen LogP contribution in [0.2, 0.25) is 0 Å². The van der Waals surface area contributed by atoms with Gasteiger partial charge >= 0.3 is 5.97 Å². The second kappa shape index (κ2) is 8.29. The number of ether oxygens (including phenoxy) is 1. The van der Waals surface area contributed by atoms with Gasteiger partial charge in [0.1, 0.15) is 0 Å². The van der Waals surface area contributed by atoms with Gasteiger partial charge in [-0.2, -0.15) is 0 Å². The van der Waals surface area contributed by atoms with Crippen molar-refractivity contribution in [2.75, 3.05) is 32.1 Å². The molecule has 0 bridgehead atoms. The Morgan fingerprint density at radius 2 is 1.93 bits per heavy atom. The summed E-state index contributed by atoms with van der Waals surface area (Å²) in [5.74, 6) is -0.321. The molecule has 2 aliphatic heterocycles. The standard InChI is InChI=1S/C20H29NO5S/c1-16-3-2-4-18(15-16)20(19(22)23)8-10-21(11-9-20)27(24,25)14-7-17-5-12-26-13-6-17/h2-4,15,17H,5-14H2,1H3,(H,22,23). The first kappa shape index (κ1) is 20.3. The van der Waals surface area contributed by atoms with Gasteiger partial charge in [0.15, 0.2) is 0 Å². The van der Waals surface area contributed by atoms with Crippen LogP contribution in [-0.2, 0) is 25.0 Å². The summed E-state index contributed by atoms with van der Waals surface area (Å²) in [4.78, 5) is 12.1. The number of aryl methyl sites for hydroxylation is 1. The maximum atomic E-state index is 12.7. The molecular weight excluding hydrogens is 366 g/mol. The third-order valence-corrected chi connectivity index (χ3v) is 7.98. The molecule has 0 aliphatic carbocycles. The molecule has 7 heteroatoms. The van der Waals surface area contributed by atoms with E-state index in [1.54, 1.807) is 0 Å². The molecule has 2 heterocycles. The lowest BCUT2D eigenvalue weighted by Gasteiger charge is -2.39. The fraction of sp³-hybridized carbons (Fsp3) is 0.650. The van der Waals surface area contributed by atoms with E-state index in [-0.39, 0.29) is 18.8 Å². The average Bonchev–Trinajstić information content (AvgIpc) is 2.67. The first-order chi connectivity index (χ1) is 12.8. The van der Waals surface area contributed by atoms with Crippen molar-refractivity contribution in [3.63, 3.8) is 0 Å². The van der Waals surface area contributed by atoms with E-state index in [1.807, 2.05) is 31.2 Å². The Hall–Kier alpha value is -1.44. The lowest BCUT2D eigenvalue weighted by molar-refractivity contribution is -0.145. The van der Waals surface area contributed by atoms with Crippen molar-refractivity contribution in [3.05, 3.63) is 35.4 Å². The van der Waals surface area contributed by atoms with Crippen LogP contribution in [0.25, 0.3) is 0 Å². The van der Waals surface area contributed by atoms with E-state index in [9.17, 15) is 18.3 Å². The molecule has 6 nitrogen and oxygen atoms in total. The van der Waals surface area contributed by atoms with E-state index < -0.39 is 21.4 Å². The van der Waals surface area contributed by atoms with E-state index in [1.165, 1.54) is 4.31 Å². The summed E-state index contributed by atoms with van der Waals surface area (Å²) in [6, 6.07) is 7.56. The van der Waals surface area contributed by atoms with E-state index >= 15 is 0 Å². The van der Waals surface area contributed by atoms with Crippen molar-refractivity contribution in [3.8, 4) is 0 Å². The Bertz CT molecular complexity index is 762. The number of piperidine rings is 1. The molecule has 27 heavy (non-hydrogen) atoms. The smallest absolute Gasteiger partial charge is 0.314 e. The molecule has 0 saturated carbocycles. The molecule has 1 aromatic carbocycles. The number of hydrogen-bond donors (Lipinski definition) is 1. The Balaban J connectivity index is 1.66. The zero-order chi connectivity index (χ0) is 19.5. The molecule has 2 fully saturated rings. The second-order valence-corrected chi connectivity index (χ2v) is 9.90. The highest BCUT2D eigenvalue weighted by Crippen LogP contribution is 2.37. The number of carboxylic acid groups (broad SMARTS) is 1. The fourth-order valence-corrected chi connectivity index (χ4v) is 5.82. The van der Waals surface area contributed by atoms with E-state index in [4.69, 9.17) is 4.74 Å². The molecule has 150 valence electrons. The van der Waals surface area contributed by atoms with Crippen LogP contribution in [0.5, 0.6) is 0 Å². The monoisotopic (exact) mass is 395 g/mol. The number of aliphatic carboxylic acids is 1. The largest absolute Gasteiger partial charge is 0.481 e. The van der Waals surface area contributed by atoms with Crippen molar-refractivity contribution < 1.29 is 23.1 Å². The van der Waals surface area contributed by atoms with E-state index in [0.717, 1.165) is 24.0 Å². The van der Waals surface area contributed by atoms with Crippen LogP contribution in [0.4, 0.5) is 0 Å². The van der Waals surface area contributed by atoms with Gasteiger partial charge in [-0.15, -0.1) is 0 Å². The number of carboxylic acids is 1. The molecule has 1 aromatic rings. The average molecular weight is 396 g/mol. The molecule has 0 atom stereocenters. The molecule has 0 amide bonds. The number of rotatable bonds is 6. The summed E-state index contributed by atoms with van der Waals surface area (Å²) in [5.41, 5.74) is 0.785. The Labute approximate surface area is 161 Å². The lowest BCUT2D eigenvalue weighted by atomic mass is 9.73. The fourth-order valence-electron chi connectivity index (χ4n) is 4.19. The minimum absolute atomic E-state index is 0.141. The third-order valence-electron chi connectivity index (χ3n) is 6.07. The van der Waals surface area contributed by atoms with Crippen LogP contribution >= 0.6 is 0 Å². The first-order valence-corrected chi connectivity index (χ1v) is 11.3. The maximum absolute atomic E-state index is 12.7. The topological polar surface area (TPSA) is 83.9 Å². The SMILES string of the molecule is Cc1cccc(C2(C(=O)O)CCN(S(=O)(=O)CCC3CCOCC3)CC2)c1. The van der Waals surface area contributed by atoms with Gasteiger partial charge < -0.3 is 9.84 Å². The minimum atomic E-state index is -3.35. The summed E-state index contributed by atoms with van der Waals surface area (Å²) in [6.07, 6.45) is 3.12. The Morgan fingerprint density at radius 1 is 1.26 bits per heavy atom. The molecule has 2 aliphatic rings. The van der Waals surface area contributed by atoms with Crippen LogP contribution < -0.4 is 0 Å². The number of carbonyl (C=O) groups is 1. The summed E-state index contributed by atoms with van der Waals surface area (Å²) in [5, 5.41) is 9.92. The van der Waals surface area contributed by atoms with Gasteiger partial charge in [0, 0.05) is 26.3 Å². The van der Waals surface area contributed by atoms with Crippen molar-refractivity contribution in [2.24, 2.45) is 5.92 Å². The van der Waals surface area contributed by atoms with E-state index in [0.29, 0.717) is 38.4 Å². The molecule has 0 aromatic heterocycles.